The average Bonchev–Trinajstić information content (AvgIpc) is 3.26. The van der Waals surface area contributed by atoms with E-state index in [1.807, 2.05) is 12.1 Å². The molecular formula is C22H26N4O2S. The lowest BCUT2D eigenvalue weighted by Gasteiger charge is -2.41. The topological polar surface area (TPSA) is 61.7 Å². The summed E-state index contributed by atoms with van der Waals surface area (Å²) in [5, 5.41) is 13.9. The van der Waals surface area contributed by atoms with Gasteiger partial charge in [0.05, 0.1) is 0 Å². The SMILES string of the molecule is OCC[C@H]1CN(Cc2ccc(Oc3ncccn3)cc2)CCN1Cc1ccsc1. The number of hydrogen-bond acceptors (Lipinski definition) is 7. The summed E-state index contributed by atoms with van der Waals surface area (Å²) in [4.78, 5) is 13.1. The maximum atomic E-state index is 9.52. The van der Waals surface area contributed by atoms with Crippen LogP contribution in [0, 0.1) is 0 Å². The van der Waals surface area contributed by atoms with Gasteiger partial charge in [0.1, 0.15) is 5.75 Å². The molecule has 1 saturated heterocycles. The van der Waals surface area contributed by atoms with Gasteiger partial charge in [-0.25, -0.2) is 9.97 Å². The third-order valence-corrected chi connectivity index (χ3v) is 5.93. The number of rotatable bonds is 8. The standard InChI is InChI=1S/C22H26N4O2S/c27-12-6-20-16-25(10-11-26(20)15-19-7-13-29-17-19)14-18-2-4-21(5-3-18)28-22-23-8-1-9-24-22/h1-5,7-9,13,17,20,27H,6,10-12,14-16H2/t20-/m0/s1. The fourth-order valence-electron chi connectivity index (χ4n) is 3.71. The predicted molar refractivity (Wildman–Crippen MR) is 114 cm³/mol. The second-order valence-electron chi connectivity index (χ2n) is 7.28. The molecule has 1 fully saturated rings. The first-order valence-corrected chi connectivity index (χ1v) is 10.9. The number of ether oxygens (including phenoxy) is 1. The van der Waals surface area contributed by atoms with E-state index >= 15 is 0 Å². The van der Waals surface area contributed by atoms with E-state index in [1.54, 1.807) is 29.8 Å². The van der Waals surface area contributed by atoms with Crippen molar-refractivity contribution in [1.82, 2.24) is 19.8 Å². The highest BCUT2D eigenvalue weighted by Gasteiger charge is 2.26. The van der Waals surface area contributed by atoms with E-state index in [4.69, 9.17) is 4.74 Å². The predicted octanol–water partition coefficient (Wildman–Crippen LogP) is 3.40. The molecule has 1 atom stereocenters. The van der Waals surface area contributed by atoms with Gasteiger partial charge >= 0.3 is 6.01 Å². The van der Waals surface area contributed by atoms with E-state index in [-0.39, 0.29) is 6.61 Å². The van der Waals surface area contributed by atoms with Crippen molar-refractivity contribution in [2.75, 3.05) is 26.2 Å². The molecule has 0 radical (unpaired) electrons. The van der Waals surface area contributed by atoms with E-state index in [0.717, 1.165) is 44.9 Å². The summed E-state index contributed by atoms with van der Waals surface area (Å²) in [7, 11) is 0. The molecule has 4 rings (SSSR count). The van der Waals surface area contributed by atoms with Crippen molar-refractivity contribution in [3.05, 3.63) is 70.7 Å². The van der Waals surface area contributed by atoms with Gasteiger partial charge in [-0.3, -0.25) is 9.80 Å². The Hall–Kier alpha value is -2.32. The molecule has 152 valence electrons. The zero-order valence-electron chi connectivity index (χ0n) is 16.4. The number of nitrogens with zero attached hydrogens (tertiary/aromatic N) is 4. The van der Waals surface area contributed by atoms with Gasteiger partial charge in [-0.05, 0) is 52.6 Å². The van der Waals surface area contributed by atoms with Crippen molar-refractivity contribution in [2.45, 2.75) is 25.6 Å². The maximum absolute atomic E-state index is 9.52. The van der Waals surface area contributed by atoms with Crippen LogP contribution in [-0.2, 0) is 13.1 Å². The van der Waals surface area contributed by atoms with Crippen LogP contribution in [0.4, 0.5) is 0 Å². The van der Waals surface area contributed by atoms with Crippen molar-refractivity contribution < 1.29 is 9.84 Å². The molecule has 0 amide bonds. The smallest absolute Gasteiger partial charge is 0.321 e. The van der Waals surface area contributed by atoms with Crippen LogP contribution >= 0.6 is 11.3 Å². The highest BCUT2D eigenvalue weighted by Crippen LogP contribution is 2.21. The van der Waals surface area contributed by atoms with Gasteiger partial charge < -0.3 is 9.84 Å². The van der Waals surface area contributed by atoms with Crippen molar-refractivity contribution >= 4 is 11.3 Å². The zero-order valence-corrected chi connectivity index (χ0v) is 17.2. The van der Waals surface area contributed by atoms with E-state index in [1.165, 1.54) is 11.1 Å². The first-order chi connectivity index (χ1) is 14.3. The lowest BCUT2D eigenvalue weighted by atomic mass is 10.1. The maximum Gasteiger partial charge on any atom is 0.321 e. The number of thiophene rings is 1. The summed E-state index contributed by atoms with van der Waals surface area (Å²) in [6.45, 7) is 5.12. The monoisotopic (exact) mass is 410 g/mol. The molecule has 3 aromatic rings. The van der Waals surface area contributed by atoms with Gasteiger partial charge in [-0.2, -0.15) is 11.3 Å². The Bertz CT molecular complexity index is 858. The van der Waals surface area contributed by atoms with Crippen LogP contribution < -0.4 is 4.74 Å². The van der Waals surface area contributed by atoms with Crippen molar-refractivity contribution in [1.29, 1.82) is 0 Å². The van der Waals surface area contributed by atoms with E-state index in [2.05, 4.69) is 48.7 Å². The molecule has 1 aliphatic heterocycles. The van der Waals surface area contributed by atoms with Crippen LogP contribution in [0.1, 0.15) is 17.5 Å². The average molecular weight is 411 g/mol. The van der Waals surface area contributed by atoms with E-state index in [9.17, 15) is 5.11 Å². The molecule has 0 unspecified atom stereocenters. The van der Waals surface area contributed by atoms with Crippen LogP contribution in [-0.4, -0.2) is 57.2 Å². The van der Waals surface area contributed by atoms with Gasteiger partial charge in [0.15, 0.2) is 0 Å². The summed E-state index contributed by atoms with van der Waals surface area (Å²) in [6.07, 6.45) is 4.14. The zero-order chi connectivity index (χ0) is 19.9. The molecule has 29 heavy (non-hydrogen) atoms. The first-order valence-electron chi connectivity index (χ1n) is 9.92. The number of aliphatic hydroxyl groups is 1. The summed E-state index contributed by atoms with van der Waals surface area (Å²) < 4.78 is 5.67. The van der Waals surface area contributed by atoms with Gasteiger partial charge in [0.2, 0.25) is 0 Å². The highest BCUT2D eigenvalue weighted by molar-refractivity contribution is 7.07. The molecular weight excluding hydrogens is 384 g/mol. The molecule has 7 heteroatoms. The number of hydrogen-bond donors (Lipinski definition) is 1. The van der Waals surface area contributed by atoms with Crippen LogP contribution in [0.5, 0.6) is 11.8 Å². The molecule has 3 heterocycles. The Morgan fingerprint density at radius 2 is 1.86 bits per heavy atom. The van der Waals surface area contributed by atoms with Crippen molar-refractivity contribution in [3.63, 3.8) is 0 Å². The molecule has 6 nitrogen and oxygen atoms in total. The minimum absolute atomic E-state index is 0.228. The Kier molecular flexibility index (Phi) is 6.84. The molecule has 1 aromatic carbocycles. The number of aromatic nitrogens is 2. The minimum atomic E-state index is 0.228. The van der Waals surface area contributed by atoms with E-state index < -0.39 is 0 Å². The summed E-state index contributed by atoms with van der Waals surface area (Å²) in [6, 6.07) is 12.8. The van der Waals surface area contributed by atoms with Gasteiger partial charge in [0.25, 0.3) is 0 Å². The second kappa shape index (κ2) is 9.93. The molecule has 0 spiro atoms. The summed E-state index contributed by atoms with van der Waals surface area (Å²) >= 11 is 1.74. The Balaban J connectivity index is 1.33. The van der Waals surface area contributed by atoms with Crippen LogP contribution in [0.3, 0.4) is 0 Å². The van der Waals surface area contributed by atoms with Crippen LogP contribution in [0.2, 0.25) is 0 Å². The van der Waals surface area contributed by atoms with Crippen molar-refractivity contribution in [2.24, 2.45) is 0 Å². The first kappa shape index (κ1) is 20.0. The second-order valence-corrected chi connectivity index (χ2v) is 8.06. The van der Waals surface area contributed by atoms with Crippen LogP contribution in [0.25, 0.3) is 0 Å². The molecule has 1 aliphatic rings. The minimum Gasteiger partial charge on any atom is -0.424 e. The molecule has 2 aromatic heterocycles. The quantitative estimate of drug-likeness (QED) is 0.614. The lowest BCUT2D eigenvalue weighted by molar-refractivity contribution is 0.0500. The summed E-state index contributed by atoms with van der Waals surface area (Å²) in [5.74, 6) is 0.735. The third-order valence-electron chi connectivity index (χ3n) is 5.20. The molecule has 0 aliphatic carbocycles. The number of benzene rings is 1. The highest BCUT2D eigenvalue weighted by atomic mass is 32.1. The molecule has 0 bridgehead atoms. The largest absolute Gasteiger partial charge is 0.424 e. The number of piperazine rings is 1. The van der Waals surface area contributed by atoms with Gasteiger partial charge in [-0.1, -0.05) is 12.1 Å². The Morgan fingerprint density at radius 1 is 1.03 bits per heavy atom. The Morgan fingerprint density at radius 3 is 2.59 bits per heavy atom. The van der Waals surface area contributed by atoms with Gasteiger partial charge in [0, 0.05) is 57.8 Å². The van der Waals surface area contributed by atoms with Crippen molar-refractivity contribution in [3.8, 4) is 11.8 Å². The normalized spacial score (nSPS) is 18.0. The van der Waals surface area contributed by atoms with E-state index in [0.29, 0.717) is 12.1 Å². The number of aliphatic hydroxyl groups excluding tert-OH is 1. The molecule has 1 N–H and O–H groups in total. The third kappa shape index (κ3) is 5.61. The molecule has 0 saturated carbocycles. The lowest BCUT2D eigenvalue weighted by Crippen LogP contribution is -2.52. The Labute approximate surface area is 175 Å². The fourth-order valence-corrected chi connectivity index (χ4v) is 4.37. The fraction of sp³-hybridized carbons (Fsp3) is 0.364. The van der Waals surface area contributed by atoms with Crippen LogP contribution in [0.15, 0.2) is 59.6 Å². The summed E-state index contributed by atoms with van der Waals surface area (Å²) in [5.41, 5.74) is 2.62. The van der Waals surface area contributed by atoms with Gasteiger partial charge in [-0.15, -0.1) is 0 Å².